The van der Waals surface area contributed by atoms with Gasteiger partial charge in [-0.25, -0.2) is 4.99 Å². The maximum absolute atomic E-state index is 10.4. The molecule has 3 N–H and O–H groups in total. The van der Waals surface area contributed by atoms with Crippen LogP contribution < -0.4 is 20.1 Å². The van der Waals surface area contributed by atoms with E-state index in [0.29, 0.717) is 19.0 Å². The molecule has 27 heavy (non-hydrogen) atoms. The molecule has 0 spiro atoms. The summed E-state index contributed by atoms with van der Waals surface area (Å²) in [6.45, 7) is 3.63. The monoisotopic (exact) mass is 485 g/mol. The van der Waals surface area contributed by atoms with E-state index in [9.17, 15) is 5.11 Å². The van der Waals surface area contributed by atoms with Crippen molar-refractivity contribution in [3.05, 3.63) is 59.7 Å². The fourth-order valence-electron chi connectivity index (χ4n) is 2.40. The van der Waals surface area contributed by atoms with Crippen molar-refractivity contribution in [2.75, 3.05) is 27.3 Å². The van der Waals surface area contributed by atoms with E-state index >= 15 is 0 Å². The third kappa shape index (κ3) is 7.64. The maximum atomic E-state index is 10.4. The van der Waals surface area contributed by atoms with Gasteiger partial charge < -0.3 is 25.2 Å². The number of nitrogens with zero attached hydrogens (tertiary/aromatic N) is 1. The molecule has 2 aromatic carbocycles. The predicted octanol–water partition coefficient (Wildman–Crippen LogP) is 3.11. The maximum Gasteiger partial charge on any atom is 0.191 e. The number of rotatable bonds is 8. The fraction of sp³-hybridized carbons (Fsp3) is 0.350. The van der Waals surface area contributed by atoms with Crippen molar-refractivity contribution in [3.8, 4) is 11.5 Å². The highest BCUT2D eigenvalue weighted by atomic mass is 127. The van der Waals surface area contributed by atoms with Gasteiger partial charge in [0.15, 0.2) is 5.96 Å². The van der Waals surface area contributed by atoms with E-state index in [1.807, 2.05) is 55.5 Å². The minimum Gasteiger partial charge on any atom is -0.497 e. The molecule has 148 valence electrons. The average Bonchev–Trinajstić information content (AvgIpc) is 2.70. The molecule has 0 radical (unpaired) electrons. The van der Waals surface area contributed by atoms with Crippen LogP contribution in [0.25, 0.3) is 0 Å². The van der Waals surface area contributed by atoms with Crippen molar-refractivity contribution in [3.63, 3.8) is 0 Å². The van der Waals surface area contributed by atoms with Gasteiger partial charge in [0, 0.05) is 13.1 Å². The van der Waals surface area contributed by atoms with Crippen molar-refractivity contribution >= 4 is 29.9 Å². The van der Waals surface area contributed by atoms with Crippen LogP contribution in [0.4, 0.5) is 0 Å². The standard InChI is InChI=1S/C20H27N3O3.HI/c1-4-21-20(22-13-15-8-10-17(25-2)11-9-15)23-14-19(24)16-6-5-7-18(12-16)26-3;/h5-12,19,24H,4,13-14H2,1-3H3,(H2,21,22,23);1H. The van der Waals surface area contributed by atoms with E-state index in [2.05, 4.69) is 15.6 Å². The summed E-state index contributed by atoms with van der Waals surface area (Å²) in [7, 11) is 3.26. The molecule has 0 aliphatic rings. The van der Waals surface area contributed by atoms with Gasteiger partial charge in [0.05, 0.1) is 26.9 Å². The Bertz CT molecular complexity index is 708. The summed E-state index contributed by atoms with van der Waals surface area (Å²) in [5, 5.41) is 16.7. The quantitative estimate of drug-likeness (QED) is 0.305. The molecular formula is C20H28IN3O3. The lowest BCUT2D eigenvalue weighted by Crippen LogP contribution is -2.39. The summed E-state index contributed by atoms with van der Waals surface area (Å²) in [6, 6.07) is 15.2. The van der Waals surface area contributed by atoms with Gasteiger partial charge in [0.1, 0.15) is 11.5 Å². The summed E-state index contributed by atoms with van der Waals surface area (Å²) in [5.41, 5.74) is 1.87. The number of benzene rings is 2. The molecule has 6 nitrogen and oxygen atoms in total. The number of halogens is 1. The molecule has 1 atom stereocenters. The van der Waals surface area contributed by atoms with Crippen LogP contribution in [-0.4, -0.2) is 38.4 Å². The first-order valence-corrected chi connectivity index (χ1v) is 8.63. The van der Waals surface area contributed by atoms with Crippen LogP contribution in [0.5, 0.6) is 11.5 Å². The highest BCUT2D eigenvalue weighted by molar-refractivity contribution is 14.0. The average molecular weight is 485 g/mol. The van der Waals surface area contributed by atoms with Crippen LogP contribution in [0.2, 0.25) is 0 Å². The Balaban J connectivity index is 0.00000364. The highest BCUT2D eigenvalue weighted by Gasteiger charge is 2.09. The first kappa shape index (κ1) is 23.0. The number of nitrogens with one attached hydrogen (secondary N) is 2. The van der Waals surface area contributed by atoms with E-state index in [1.54, 1.807) is 14.2 Å². The van der Waals surface area contributed by atoms with Crippen LogP contribution in [0.3, 0.4) is 0 Å². The number of hydrogen-bond acceptors (Lipinski definition) is 4. The molecule has 0 fully saturated rings. The molecule has 7 heteroatoms. The Labute approximate surface area is 178 Å². The largest absolute Gasteiger partial charge is 0.497 e. The normalized spacial score (nSPS) is 11.9. The molecule has 0 aromatic heterocycles. The Morgan fingerprint density at radius 3 is 2.37 bits per heavy atom. The number of aliphatic hydroxyl groups is 1. The first-order chi connectivity index (χ1) is 12.7. The number of ether oxygens (including phenoxy) is 2. The number of aliphatic imine (C=N–C) groups is 1. The molecule has 0 saturated heterocycles. The van der Waals surface area contributed by atoms with E-state index in [1.165, 1.54) is 0 Å². The SMILES string of the molecule is CCNC(=NCc1ccc(OC)cc1)NCC(O)c1cccc(OC)c1.I. The Kier molecular flexibility index (Phi) is 10.6. The molecule has 2 rings (SSSR count). The number of methoxy groups -OCH3 is 2. The zero-order valence-corrected chi connectivity index (χ0v) is 18.3. The predicted molar refractivity (Wildman–Crippen MR) is 119 cm³/mol. The molecule has 2 aromatic rings. The molecule has 0 aliphatic carbocycles. The van der Waals surface area contributed by atoms with E-state index in [4.69, 9.17) is 9.47 Å². The van der Waals surface area contributed by atoms with Crippen molar-refractivity contribution in [1.82, 2.24) is 10.6 Å². The van der Waals surface area contributed by atoms with Gasteiger partial charge in [-0.3, -0.25) is 0 Å². The van der Waals surface area contributed by atoms with E-state index < -0.39 is 6.10 Å². The molecule has 1 unspecified atom stereocenters. The van der Waals surface area contributed by atoms with Crippen molar-refractivity contribution in [2.45, 2.75) is 19.6 Å². The van der Waals surface area contributed by atoms with E-state index in [-0.39, 0.29) is 24.0 Å². The molecule has 0 amide bonds. The molecule has 0 heterocycles. The molecule has 0 saturated carbocycles. The summed E-state index contributed by atoms with van der Waals surface area (Å²) in [5.74, 6) is 2.20. The second-order valence-corrected chi connectivity index (χ2v) is 5.72. The molecular weight excluding hydrogens is 457 g/mol. The fourth-order valence-corrected chi connectivity index (χ4v) is 2.40. The van der Waals surface area contributed by atoms with Gasteiger partial charge in [-0.05, 0) is 42.3 Å². The summed E-state index contributed by atoms with van der Waals surface area (Å²) in [4.78, 5) is 4.56. The Hall–Kier alpha value is -2.00. The highest BCUT2D eigenvalue weighted by Crippen LogP contribution is 2.18. The van der Waals surface area contributed by atoms with Crippen LogP contribution in [-0.2, 0) is 6.54 Å². The third-order valence-electron chi connectivity index (χ3n) is 3.86. The number of hydrogen-bond donors (Lipinski definition) is 3. The second-order valence-electron chi connectivity index (χ2n) is 5.72. The smallest absolute Gasteiger partial charge is 0.191 e. The molecule has 0 bridgehead atoms. The number of aliphatic hydroxyl groups excluding tert-OH is 1. The number of guanidine groups is 1. The van der Waals surface area contributed by atoms with Crippen LogP contribution in [0, 0.1) is 0 Å². The molecule has 0 aliphatic heterocycles. The second kappa shape index (κ2) is 12.4. The lowest BCUT2D eigenvalue weighted by molar-refractivity contribution is 0.180. The minimum absolute atomic E-state index is 0. The third-order valence-corrected chi connectivity index (χ3v) is 3.86. The first-order valence-electron chi connectivity index (χ1n) is 8.63. The van der Waals surface area contributed by atoms with Crippen molar-refractivity contribution in [2.24, 2.45) is 4.99 Å². The van der Waals surface area contributed by atoms with Crippen molar-refractivity contribution < 1.29 is 14.6 Å². The van der Waals surface area contributed by atoms with Gasteiger partial charge in [-0.2, -0.15) is 0 Å². The minimum atomic E-state index is -0.657. The zero-order valence-electron chi connectivity index (χ0n) is 15.9. The summed E-state index contributed by atoms with van der Waals surface area (Å²) in [6.07, 6.45) is -0.657. The van der Waals surface area contributed by atoms with Gasteiger partial charge in [0.25, 0.3) is 0 Å². The van der Waals surface area contributed by atoms with Gasteiger partial charge in [-0.15, -0.1) is 24.0 Å². The van der Waals surface area contributed by atoms with Gasteiger partial charge in [0.2, 0.25) is 0 Å². The van der Waals surface area contributed by atoms with Gasteiger partial charge >= 0.3 is 0 Å². The zero-order chi connectivity index (χ0) is 18.8. The summed E-state index contributed by atoms with van der Waals surface area (Å²) < 4.78 is 10.4. The Morgan fingerprint density at radius 2 is 1.74 bits per heavy atom. The van der Waals surface area contributed by atoms with Crippen LogP contribution >= 0.6 is 24.0 Å². The topological polar surface area (TPSA) is 75.1 Å². The summed E-state index contributed by atoms with van der Waals surface area (Å²) >= 11 is 0. The lowest BCUT2D eigenvalue weighted by atomic mass is 10.1. The van der Waals surface area contributed by atoms with E-state index in [0.717, 1.165) is 29.2 Å². The van der Waals surface area contributed by atoms with Gasteiger partial charge in [-0.1, -0.05) is 24.3 Å². The van der Waals surface area contributed by atoms with Crippen LogP contribution in [0.1, 0.15) is 24.2 Å². The van der Waals surface area contributed by atoms with Crippen molar-refractivity contribution in [1.29, 1.82) is 0 Å². The lowest BCUT2D eigenvalue weighted by Gasteiger charge is -2.16. The Morgan fingerprint density at radius 1 is 1.04 bits per heavy atom. The van der Waals surface area contributed by atoms with Crippen LogP contribution in [0.15, 0.2) is 53.5 Å².